The lowest BCUT2D eigenvalue weighted by Crippen LogP contribution is -2.27. The molecule has 1 amide bonds. The first kappa shape index (κ1) is 24.6. The van der Waals surface area contributed by atoms with Crippen LogP contribution in [-0.2, 0) is 11.3 Å². The Labute approximate surface area is 222 Å². The van der Waals surface area contributed by atoms with Crippen molar-refractivity contribution in [3.8, 4) is 11.5 Å². The number of carboxylic acids is 1. The molecule has 0 unspecified atom stereocenters. The average Bonchev–Trinajstić information content (AvgIpc) is 3.40. The van der Waals surface area contributed by atoms with E-state index < -0.39 is 5.97 Å². The van der Waals surface area contributed by atoms with Crippen LogP contribution in [0.4, 0.5) is 5.69 Å². The van der Waals surface area contributed by atoms with Crippen molar-refractivity contribution < 1.29 is 24.2 Å². The van der Waals surface area contributed by atoms with Gasteiger partial charge in [0.2, 0.25) is 0 Å². The van der Waals surface area contributed by atoms with E-state index in [1.54, 1.807) is 19.2 Å². The molecule has 3 aromatic carbocycles. The van der Waals surface area contributed by atoms with Crippen LogP contribution in [0.5, 0.6) is 11.5 Å². The number of ether oxygens (including phenoxy) is 2. The third-order valence-corrected chi connectivity index (χ3v) is 7.20. The maximum Gasteiger partial charge on any atom is 0.335 e. The zero-order valence-corrected chi connectivity index (χ0v) is 21.4. The molecule has 0 aliphatic carbocycles. The number of amides is 1. The quantitative estimate of drug-likeness (QED) is 0.227. The molecule has 7 nitrogen and oxygen atoms in total. The number of aromatic carboxylic acids is 1. The summed E-state index contributed by atoms with van der Waals surface area (Å²) < 4.78 is 13.6. The molecular formula is C28H22N2O5S2. The number of thiocarbonyl (C=S) groups is 1. The summed E-state index contributed by atoms with van der Waals surface area (Å²) in [5, 5.41) is 10.3. The summed E-state index contributed by atoms with van der Waals surface area (Å²) in [5.41, 5.74) is 2.43. The fourth-order valence-electron chi connectivity index (χ4n) is 4.14. The number of anilines is 1. The van der Waals surface area contributed by atoms with E-state index in [0.717, 1.165) is 28.0 Å². The van der Waals surface area contributed by atoms with Gasteiger partial charge in [0.1, 0.15) is 18.1 Å². The number of nitrogens with zero attached hydrogens (tertiary/aromatic N) is 2. The molecule has 5 rings (SSSR count). The smallest absolute Gasteiger partial charge is 0.335 e. The van der Waals surface area contributed by atoms with Crippen molar-refractivity contribution in [3.63, 3.8) is 0 Å². The number of thioether (sulfide) groups is 1. The number of fused-ring (bicyclic) bond motifs is 1. The third-order valence-electron chi connectivity index (χ3n) is 5.89. The van der Waals surface area contributed by atoms with E-state index in [2.05, 4.69) is 4.57 Å². The molecule has 1 N–H and O–H groups in total. The number of rotatable bonds is 8. The van der Waals surface area contributed by atoms with E-state index in [1.807, 2.05) is 60.8 Å². The number of hydrogen-bond acceptors (Lipinski definition) is 6. The molecule has 1 saturated heterocycles. The summed E-state index contributed by atoms with van der Waals surface area (Å²) in [7, 11) is 1.62. The summed E-state index contributed by atoms with van der Waals surface area (Å²) in [6.45, 7) is 1.06. The summed E-state index contributed by atoms with van der Waals surface area (Å²) in [5.74, 6) is 0.117. The molecular weight excluding hydrogens is 508 g/mol. The zero-order valence-electron chi connectivity index (χ0n) is 19.8. The molecule has 0 bridgehead atoms. The SMILES string of the molecule is COc1cccc(OCCn2cc(/C=C3\SC(=S)N(c4cccc(C(=O)O)c4)C3=O)c3ccccc32)c1. The zero-order chi connectivity index (χ0) is 25.9. The highest BCUT2D eigenvalue weighted by atomic mass is 32.2. The first-order chi connectivity index (χ1) is 17.9. The Hall–Kier alpha value is -4.08. The number of carbonyl (C=O) groups is 2. The van der Waals surface area contributed by atoms with Gasteiger partial charge in [-0.3, -0.25) is 9.69 Å². The van der Waals surface area contributed by atoms with Crippen LogP contribution in [0.2, 0.25) is 0 Å². The Morgan fingerprint density at radius 1 is 1.05 bits per heavy atom. The van der Waals surface area contributed by atoms with E-state index in [4.69, 9.17) is 21.7 Å². The first-order valence-electron chi connectivity index (χ1n) is 11.4. The van der Waals surface area contributed by atoms with Crippen LogP contribution in [0.1, 0.15) is 15.9 Å². The molecule has 0 saturated carbocycles. The molecule has 186 valence electrons. The van der Waals surface area contributed by atoms with Gasteiger partial charge in [-0.05, 0) is 42.5 Å². The molecule has 4 aromatic rings. The van der Waals surface area contributed by atoms with Crippen molar-refractivity contribution in [3.05, 3.63) is 95.0 Å². The Kier molecular flexibility index (Phi) is 6.98. The number of aromatic nitrogens is 1. The van der Waals surface area contributed by atoms with E-state index in [9.17, 15) is 14.7 Å². The van der Waals surface area contributed by atoms with Crippen LogP contribution in [0.15, 0.2) is 83.9 Å². The lowest BCUT2D eigenvalue weighted by molar-refractivity contribution is -0.113. The van der Waals surface area contributed by atoms with Crippen molar-refractivity contribution in [2.75, 3.05) is 18.6 Å². The molecule has 1 fully saturated rings. The van der Waals surface area contributed by atoms with E-state index in [-0.39, 0.29) is 11.5 Å². The molecule has 1 aliphatic rings. The molecule has 0 radical (unpaired) electrons. The van der Waals surface area contributed by atoms with Crippen molar-refractivity contribution in [1.82, 2.24) is 4.57 Å². The van der Waals surface area contributed by atoms with Crippen LogP contribution in [0.3, 0.4) is 0 Å². The van der Waals surface area contributed by atoms with Crippen molar-refractivity contribution in [1.29, 1.82) is 0 Å². The minimum atomic E-state index is -1.06. The standard InChI is InChI=1S/C28H22N2O5S2/c1-34-21-8-5-9-22(16-21)35-13-12-29-17-19(23-10-2-3-11-24(23)29)15-25-26(31)30(28(36)37-25)20-7-4-6-18(14-20)27(32)33/h2-11,14-17H,12-13H2,1H3,(H,32,33)/b25-15-. The monoisotopic (exact) mass is 530 g/mol. The predicted molar refractivity (Wildman–Crippen MR) is 149 cm³/mol. The third kappa shape index (κ3) is 5.09. The second-order valence-corrected chi connectivity index (χ2v) is 9.87. The largest absolute Gasteiger partial charge is 0.497 e. The maximum absolute atomic E-state index is 13.3. The van der Waals surface area contributed by atoms with Gasteiger partial charge >= 0.3 is 5.97 Å². The molecule has 2 heterocycles. The van der Waals surface area contributed by atoms with Gasteiger partial charge in [0.15, 0.2) is 4.32 Å². The molecule has 9 heteroatoms. The predicted octanol–water partition coefficient (Wildman–Crippen LogP) is 5.83. The highest BCUT2D eigenvalue weighted by Gasteiger charge is 2.33. The molecule has 0 atom stereocenters. The van der Waals surface area contributed by atoms with Crippen molar-refractivity contribution in [2.24, 2.45) is 0 Å². The summed E-state index contributed by atoms with van der Waals surface area (Å²) in [6.07, 6.45) is 3.83. The highest BCUT2D eigenvalue weighted by molar-refractivity contribution is 8.27. The van der Waals surface area contributed by atoms with Crippen LogP contribution in [0.25, 0.3) is 17.0 Å². The van der Waals surface area contributed by atoms with Gasteiger partial charge in [-0.2, -0.15) is 0 Å². The van der Waals surface area contributed by atoms with Crippen LogP contribution in [0, 0.1) is 0 Å². The normalized spacial score (nSPS) is 14.5. The minimum Gasteiger partial charge on any atom is -0.497 e. The molecule has 1 aromatic heterocycles. The van der Waals surface area contributed by atoms with Gasteiger partial charge in [0.25, 0.3) is 5.91 Å². The Bertz CT molecular complexity index is 1560. The fraction of sp³-hybridized carbons (Fsp3) is 0.107. The Balaban J connectivity index is 1.39. The summed E-state index contributed by atoms with van der Waals surface area (Å²) >= 11 is 6.67. The Morgan fingerprint density at radius 3 is 2.65 bits per heavy atom. The number of hydrogen-bond donors (Lipinski definition) is 1. The van der Waals surface area contributed by atoms with E-state index >= 15 is 0 Å². The lowest BCUT2D eigenvalue weighted by atomic mass is 10.1. The second kappa shape index (κ2) is 10.5. The van der Waals surface area contributed by atoms with Gasteiger partial charge in [0.05, 0.1) is 29.8 Å². The molecule has 37 heavy (non-hydrogen) atoms. The highest BCUT2D eigenvalue weighted by Crippen LogP contribution is 2.37. The lowest BCUT2D eigenvalue weighted by Gasteiger charge is -2.14. The van der Waals surface area contributed by atoms with Gasteiger partial charge in [-0.15, -0.1) is 0 Å². The van der Waals surface area contributed by atoms with Gasteiger partial charge < -0.3 is 19.1 Å². The number of para-hydroxylation sites is 1. The van der Waals surface area contributed by atoms with Crippen LogP contribution < -0.4 is 14.4 Å². The van der Waals surface area contributed by atoms with Crippen LogP contribution >= 0.6 is 24.0 Å². The minimum absolute atomic E-state index is 0.0924. The van der Waals surface area contributed by atoms with E-state index in [1.165, 1.54) is 28.8 Å². The van der Waals surface area contributed by atoms with Crippen LogP contribution in [-0.4, -0.2) is 39.6 Å². The maximum atomic E-state index is 13.3. The van der Waals surface area contributed by atoms with Gasteiger partial charge in [0, 0.05) is 28.7 Å². The van der Waals surface area contributed by atoms with E-state index in [0.29, 0.717) is 28.1 Å². The number of carbonyl (C=O) groups excluding carboxylic acids is 1. The number of carboxylic acid groups (broad SMARTS) is 1. The topological polar surface area (TPSA) is 81.0 Å². The van der Waals surface area contributed by atoms with Gasteiger partial charge in [-0.1, -0.05) is 54.3 Å². The molecule has 0 spiro atoms. The number of benzene rings is 3. The van der Waals surface area contributed by atoms with Gasteiger partial charge in [-0.25, -0.2) is 4.79 Å². The summed E-state index contributed by atoms with van der Waals surface area (Å²) in [6, 6.07) is 21.6. The average molecular weight is 531 g/mol. The first-order valence-corrected chi connectivity index (χ1v) is 12.6. The second-order valence-electron chi connectivity index (χ2n) is 8.20. The molecule has 1 aliphatic heterocycles. The van der Waals surface area contributed by atoms with Crippen molar-refractivity contribution in [2.45, 2.75) is 6.54 Å². The Morgan fingerprint density at radius 2 is 1.84 bits per heavy atom. The number of methoxy groups -OCH3 is 1. The fourth-order valence-corrected chi connectivity index (χ4v) is 5.43. The summed E-state index contributed by atoms with van der Waals surface area (Å²) in [4.78, 5) is 26.5. The van der Waals surface area contributed by atoms with Crippen molar-refractivity contribution >= 4 is 62.8 Å².